The molecule has 1 aliphatic rings. The van der Waals surface area contributed by atoms with Crippen molar-refractivity contribution in [3.8, 4) is 5.75 Å². The van der Waals surface area contributed by atoms with Gasteiger partial charge in [0.25, 0.3) is 0 Å². The lowest BCUT2D eigenvalue weighted by atomic mass is 9.84. The molecule has 0 saturated heterocycles. The molecule has 1 aliphatic carbocycles. The molecule has 0 fully saturated rings. The monoisotopic (exact) mass is 280 g/mol. The Morgan fingerprint density at radius 1 is 1.05 bits per heavy atom. The molecule has 0 aliphatic heterocycles. The van der Waals surface area contributed by atoms with Gasteiger partial charge in [-0.15, -0.1) is 0 Å². The van der Waals surface area contributed by atoms with E-state index in [0.717, 1.165) is 16.9 Å². The molecular formula is C18H16O3. The van der Waals surface area contributed by atoms with Gasteiger partial charge in [0.2, 0.25) is 0 Å². The van der Waals surface area contributed by atoms with Crippen molar-refractivity contribution in [2.24, 2.45) is 0 Å². The number of ketones is 1. The first-order valence-electron chi connectivity index (χ1n) is 6.81. The van der Waals surface area contributed by atoms with Gasteiger partial charge in [0.15, 0.2) is 5.78 Å². The van der Waals surface area contributed by atoms with Crippen LogP contribution in [-0.4, -0.2) is 18.0 Å². The van der Waals surface area contributed by atoms with Crippen LogP contribution in [0.4, 0.5) is 0 Å². The van der Waals surface area contributed by atoms with Crippen LogP contribution in [0.15, 0.2) is 60.7 Å². The highest BCUT2D eigenvalue weighted by Gasteiger charge is 2.41. The largest absolute Gasteiger partial charge is 0.497 e. The van der Waals surface area contributed by atoms with E-state index in [9.17, 15) is 9.90 Å². The van der Waals surface area contributed by atoms with Crippen molar-refractivity contribution in [3.05, 3.63) is 71.8 Å². The van der Waals surface area contributed by atoms with Gasteiger partial charge in [0.05, 0.1) is 7.11 Å². The Balaban J connectivity index is 2.06. The molecule has 21 heavy (non-hydrogen) atoms. The quantitative estimate of drug-likeness (QED) is 0.940. The highest BCUT2D eigenvalue weighted by Crippen LogP contribution is 2.43. The van der Waals surface area contributed by atoms with Gasteiger partial charge in [-0.25, -0.2) is 0 Å². The van der Waals surface area contributed by atoms with Crippen molar-refractivity contribution in [2.75, 3.05) is 7.11 Å². The molecule has 1 N–H and O–H groups in total. The minimum atomic E-state index is -1.26. The summed E-state index contributed by atoms with van der Waals surface area (Å²) >= 11 is 0. The third kappa shape index (κ3) is 2.36. The maximum atomic E-state index is 11.9. The zero-order chi connectivity index (χ0) is 14.9. The Labute approximate surface area is 123 Å². The number of hydrogen-bond donors (Lipinski definition) is 1. The van der Waals surface area contributed by atoms with E-state index < -0.39 is 5.60 Å². The van der Waals surface area contributed by atoms with Crippen molar-refractivity contribution in [1.29, 1.82) is 0 Å². The van der Waals surface area contributed by atoms with Gasteiger partial charge in [-0.3, -0.25) is 4.79 Å². The van der Waals surface area contributed by atoms with Gasteiger partial charge in [0.1, 0.15) is 11.4 Å². The molecule has 0 bridgehead atoms. The molecule has 0 heterocycles. The van der Waals surface area contributed by atoms with Crippen LogP contribution < -0.4 is 4.74 Å². The highest BCUT2D eigenvalue weighted by atomic mass is 16.5. The first-order valence-corrected chi connectivity index (χ1v) is 6.81. The molecule has 0 spiro atoms. The van der Waals surface area contributed by atoms with Gasteiger partial charge >= 0.3 is 0 Å². The zero-order valence-corrected chi connectivity index (χ0v) is 11.7. The third-order valence-corrected chi connectivity index (χ3v) is 3.83. The molecule has 2 aromatic carbocycles. The summed E-state index contributed by atoms with van der Waals surface area (Å²) in [5.41, 5.74) is 0.944. The number of rotatable bonds is 3. The molecule has 0 radical (unpaired) electrons. The number of benzene rings is 2. The van der Waals surface area contributed by atoms with Crippen molar-refractivity contribution in [2.45, 2.75) is 12.0 Å². The van der Waals surface area contributed by atoms with E-state index in [2.05, 4.69) is 0 Å². The topological polar surface area (TPSA) is 46.5 Å². The molecule has 3 heteroatoms. The second-order valence-corrected chi connectivity index (χ2v) is 5.16. The molecule has 2 aromatic rings. The number of methoxy groups -OCH3 is 1. The smallest absolute Gasteiger partial charge is 0.159 e. The lowest BCUT2D eigenvalue weighted by Gasteiger charge is -2.26. The van der Waals surface area contributed by atoms with Crippen LogP contribution >= 0.6 is 0 Å². The third-order valence-electron chi connectivity index (χ3n) is 3.83. The molecule has 0 saturated carbocycles. The predicted octanol–water partition coefficient (Wildman–Crippen LogP) is 2.94. The summed E-state index contributed by atoms with van der Waals surface area (Å²) in [5.74, 6) is 0.680. The lowest BCUT2D eigenvalue weighted by molar-refractivity contribution is -0.116. The summed E-state index contributed by atoms with van der Waals surface area (Å²) in [7, 11) is 1.60. The normalized spacial score (nSPS) is 21.2. The van der Waals surface area contributed by atoms with Crippen LogP contribution in [0.2, 0.25) is 0 Å². The number of aliphatic hydroxyl groups is 1. The number of hydrogen-bond acceptors (Lipinski definition) is 3. The van der Waals surface area contributed by atoms with Crippen molar-refractivity contribution >= 4 is 11.4 Å². The number of carbonyl (C=O) groups excluding carboxylic acids is 1. The Kier molecular flexibility index (Phi) is 3.35. The summed E-state index contributed by atoms with van der Waals surface area (Å²) in [6, 6.07) is 16.7. The summed E-state index contributed by atoms with van der Waals surface area (Å²) in [6.45, 7) is 0. The number of ether oxygens (including phenoxy) is 1. The second kappa shape index (κ2) is 5.19. The maximum Gasteiger partial charge on any atom is 0.159 e. The van der Waals surface area contributed by atoms with Gasteiger partial charge in [0, 0.05) is 6.42 Å². The van der Waals surface area contributed by atoms with Crippen molar-refractivity contribution in [3.63, 3.8) is 0 Å². The average molecular weight is 280 g/mol. The van der Waals surface area contributed by atoms with Crippen LogP contribution in [-0.2, 0) is 10.4 Å². The van der Waals surface area contributed by atoms with Gasteiger partial charge < -0.3 is 9.84 Å². The molecule has 3 nitrogen and oxygen atoms in total. The fourth-order valence-corrected chi connectivity index (χ4v) is 2.74. The molecule has 1 unspecified atom stereocenters. The first kappa shape index (κ1) is 13.6. The van der Waals surface area contributed by atoms with E-state index >= 15 is 0 Å². The van der Waals surface area contributed by atoms with Gasteiger partial charge in [-0.1, -0.05) is 42.5 Å². The summed E-state index contributed by atoms with van der Waals surface area (Å²) in [5, 5.41) is 11.1. The molecule has 1 atom stereocenters. The summed E-state index contributed by atoms with van der Waals surface area (Å²) in [6.07, 6.45) is 1.62. The fourth-order valence-electron chi connectivity index (χ4n) is 2.74. The SMILES string of the molecule is COc1ccc(C2=CC(=O)CC2(O)c2ccccc2)cc1. The molecule has 106 valence electrons. The molecule has 0 amide bonds. The van der Waals surface area contributed by atoms with Crippen molar-refractivity contribution < 1.29 is 14.6 Å². The summed E-state index contributed by atoms with van der Waals surface area (Å²) in [4.78, 5) is 11.9. The fraction of sp³-hybridized carbons (Fsp3) is 0.167. The van der Waals surface area contributed by atoms with Gasteiger partial charge in [-0.05, 0) is 34.9 Å². The van der Waals surface area contributed by atoms with E-state index in [4.69, 9.17) is 4.74 Å². The van der Waals surface area contributed by atoms with E-state index in [1.165, 1.54) is 6.08 Å². The standard InChI is InChI=1S/C18H16O3/c1-21-16-9-7-13(8-10-16)17-11-15(19)12-18(17,20)14-5-3-2-4-6-14/h2-11,20H,12H2,1H3. The van der Waals surface area contributed by atoms with Crippen LogP contribution in [0.5, 0.6) is 5.75 Å². The molecular weight excluding hydrogens is 264 g/mol. The first-order chi connectivity index (χ1) is 10.1. The van der Waals surface area contributed by atoms with Gasteiger partial charge in [-0.2, -0.15) is 0 Å². The van der Waals surface area contributed by atoms with Crippen LogP contribution in [0.1, 0.15) is 17.5 Å². The van der Waals surface area contributed by atoms with Crippen LogP contribution in [0, 0.1) is 0 Å². The lowest BCUT2D eigenvalue weighted by Crippen LogP contribution is -2.25. The predicted molar refractivity (Wildman–Crippen MR) is 80.9 cm³/mol. The van der Waals surface area contributed by atoms with Crippen LogP contribution in [0.25, 0.3) is 5.57 Å². The Bertz CT molecular complexity index is 686. The average Bonchev–Trinajstić information content (AvgIpc) is 2.84. The van der Waals surface area contributed by atoms with E-state index in [0.29, 0.717) is 5.57 Å². The number of allylic oxidation sites excluding steroid dienone is 1. The van der Waals surface area contributed by atoms with E-state index in [1.807, 2.05) is 54.6 Å². The highest BCUT2D eigenvalue weighted by molar-refractivity contribution is 6.05. The Morgan fingerprint density at radius 3 is 2.33 bits per heavy atom. The second-order valence-electron chi connectivity index (χ2n) is 5.16. The Morgan fingerprint density at radius 2 is 1.71 bits per heavy atom. The van der Waals surface area contributed by atoms with E-state index in [-0.39, 0.29) is 12.2 Å². The van der Waals surface area contributed by atoms with Crippen molar-refractivity contribution in [1.82, 2.24) is 0 Å². The Hall–Kier alpha value is -2.39. The molecule has 3 rings (SSSR count). The number of carbonyl (C=O) groups is 1. The zero-order valence-electron chi connectivity index (χ0n) is 11.7. The van der Waals surface area contributed by atoms with E-state index in [1.54, 1.807) is 7.11 Å². The van der Waals surface area contributed by atoms with Crippen LogP contribution in [0.3, 0.4) is 0 Å². The molecule has 0 aromatic heterocycles. The minimum Gasteiger partial charge on any atom is -0.497 e. The summed E-state index contributed by atoms with van der Waals surface area (Å²) < 4.78 is 5.14. The maximum absolute atomic E-state index is 11.9. The minimum absolute atomic E-state index is 0.0628.